The summed E-state index contributed by atoms with van der Waals surface area (Å²) in [5.41, 5.74) is 2.52. The number of hydrogen-bond donors (Lipinski definition) is 1. The van der Waals surface area contributed by atoms with E-state index in [2.05, 4.69) is 18.2 Å². The molecule has 0 heterocycles. The van der Waals surface area contributed by atoms with Crippen LogP contribution in [-0.4, -0.2) is 23.8 Å². The molecule has 1 aromatic carbocycles. The standard InChI is InChI=1S/C16H24BO2/c1-15(2,18)16(3,4)19-17-14-10-9-12-7-5-6-8-13(12)11-14/h9-11,18H,5-8H2,1-4H3. The summed E-state index contributed by atoms with van der Waals surface area (Å²) in [6.07, 6.45) is 4.96. The van der Waals surface area contributed by atoms with E-state index in [0.29, 0.717) is 0 Å². The molecule has 1 aromatic rings. The van der Waals surface area contributed by atoms with Crippen LogP contribution in [0.1, 0.15) is 51.7 Å². The first kappa shape index (κ1) is 14.6. The largest absolute Gasteiger partial charge is 0.427 e. The fourth-order valence-electron chi connectivity index (χ4n) is 2.19. The molecule has 0 fully saturated rings. The summed E-state index contributed by atoms with van der Waals surface area (Å²) in [6, 6.07) is 6.53. The summed E-state index contributed by atoms with van der Waals surface area (Å²) < 4.78 is 5.80. The summed E-state index contributed by atoms with van der Waals surface area (Å²) in [5.74, 6) is 0. The van der Waals surface area contributed by atoms with Gasteiger partial charge in [-0.2, -0.15) is 0 Å². The van der Waals surface area contributed by atoms with Crippen LogP contribution in [0.3, 0.4) is 0 Å². The molecular formula is C16H24BO2. The lowest BCUT2D eigenvalue weighted by atomic mass is 9.80. The van der Waals surface area contributed by atoms with Gasteiger partial charge in [-0.25, -0.2) is 0 Å². The molecule has 1 aliphatic carbocycles. The van der Waals surface area contributed by atoms with Gasteiger partial charge >= 0.3 is 7.48 Å². The lowest BCUT2D eigenvalue weighted by molar-refractivity contribution is -0.0893. The maximum Gasteiger partial charge on any atom is 0.330 e. The molecule has 2 rings (SSSR count). The van der Waals surface area contributed by atoms with Gasteiger partial charge in [-0.05, 0) is 64.5 Å². The average molecular weight is 259 g/mol. The summed E-state index contributed by atoms with van der Waals surface area (Å²) in [7, 11) is 1.77. The minimum Gasteiger partial charge on any atom is -0.427 e. The third-order valence-corrected chi connectivity index (χ3v) is 4.34. The lowest BCUT2D eigenvalue weighted by Gasteiger charge is -2.37. The molecule has 0 saturated carbocycles. The highest BCUT2D eigenvalue weighted by molar-refractivity contribution is 6.47. The van der Waals surface area contributed by atoms with Crippen LogP contribution in [0.25, 0.3) is 0 Å². The fraction of sp³-hybridized carbons (Fsp3) is 0.625. The quantitative estimate of drug-likeness (QED) is 0.841. The Morgan fingerprint density at radius 2 is 1.68 bits per heavy atom. The minimum atomic E-state index is -0.877. The van der Waals surface area contributed by atoms with Gasteiger partial charge in [0.05, 0.1) is 11.2 Å². The van der Waals surface area contributed by atoms with Crippen molar-refractivity contribution in [2.45, 2.75) is 64.6 Å². The van der Waals surface area contributed by atoms with Gasteiger partial charge in [0.2, 0.25) is 0 Å². The second-order valence-corrected chi connectivity index (χ2v) is 6.54. The van der Waals surface area contributed by atoms with E-state index in [0.717, 1.165) is 5.46 Å². The number of hydrogen-bond acceptors (Lipinski definition) is 2. The van der Waals surface area contributed by atoms with Gasteiger partial charge < -0.3 is 9.76 Å². The van der Waals surface area contributed by atoms with Gasteiger partial charge in [0.25, 0.3) is 0 Å². The predicted octanol–water partition coefficient (Wildman–Crippen LogP) is 2.38. The van der Waals surface area contributed by atoms with Crippen LogP contribution >= 0.6 is 0 Å². The van der Waals surface area contributed by atoms with Crippen LogP contribution in [-0.2, 0) is 17.5 Å². The van der Waals surface area contributed by atoms with Gasteiger partial charge in [0.15, 0.2) is 0 Å². The molecule has 19 heavy (non-hydrogen) atoms. The molecule has 0 unspecified atom stereocenters. The van der Waals surface area contributed by atoms with E-state index in [1.54, 1.807) is 21.3 Å². The molecule has 2 nitrogen and oxygen atoms in total. The van der Waals surface area contributed by atoms with E-state index < -0.39 is 11.2 Å². The first-order valence-electron chi connectivity index (χ1n) is 7.15. The smallest absolute Gasteiger partial charge is 0.330 e. The van der Waals surface area contributed by atoms with Crippen molar-refractivity contribution in [3.8, 4) is 0 Å². The second kappa shape index (κ2) is 5.30. The van der Waals surface area contributed by atoms with Crippen LogP contribution in [0.15, 0.2) is 18.2 Å². The molecule has 0 saturated heterocycles. The first-order chi connectivity index (χ1) is 8.79. The minimum absolute atomic E-state index is 0.608. The maximum atomic E-state index is 10.1. The Labute approximate surface area is 117 Å². The monoisotopic (exact) mass is 259 g/mol. The molecule has 1 N–H and O–H groups in total. The molecule has 0 aliphatic heterocycles. The van der Waals surface area contributed by atoms with Gasteiger partial charge in [0.1, 0.15) is 0 Å². The van der Waals surface area contributed by atoms with E-state index in [1.807, 2.05) is 13.8 Å². The van der Waals surface area contributed by atoms with E-state index >= 15 is 0 Å². The molecular weight excluding hydrogens is 235 g/mol. The summed E-state index contributed by atoms with van der Waals surface area (Å²) in [5, 5.41) is 10.1. The van der Waals surface area contributed by atoms with Crippen molar-refractivity contribution < 1.29 is 9.76 Å². The second-order valence-electron chi connectivity index (χ2n) is 6.54. The van der Waals surface area contributed by atoms with Crippen molar-refractivity contribution in [2.24, 2.45) is 0 Å². The molecule has 103 valence electrons. The molecule has 0 amide bonds. The van der Waals surface area contributed by atoms with E-state index in [9.17, 15) is 5.11 Å². The third-order valence-electron chi connectivity index (χ3n) is 4.34. The molecule has 1 radical (unpaired) electrons. The van der Waals surface area contributed by atoms with Crippen molar-refractivity contribution in [2.75, 3.05) is 0 Å². The highest BCUT2D eigenvalue weighted by atomic mass is 16.5. The molecule has 0 atom stereocenters. The third kappa shape index (κ3) is 3.40. The van der Waals surface area contributed by atoms with Gasteiger partial charge in [0, 0.05) is 0 Å². The van der Waals surface area contributed by atoms with Crippen LogP contribution in [0.2, 0.25) is 0 Å². The van der Waals surface area contributed by atoms with Gasteiger partial charge in [-0.1, -0.05) is 23.7 Å². The first-order valence-corrected chi connectivity index (χ1v) is 7.15. The van der Waals surface area contributed by atoms with Gasteiger partial charge in [-0.3, -0.25) is 0 Å². The molecule has 0 spiro atoms. The predicted molar refractivity (Wildman–Crippen MR) is 79.9 cm³/mol. The van der Waals surface area contributed by atoms with Crippen molar-refractivity contribution in [3.05, 3.63) is 29.3 Å². The molecule has 0 bridgehead atoms. The van der Waals surface area contributed by atoms with Crippen LogP contribution < -0.4 is 5.46 Å². The maximum absolute atomic E-state index is 10.1. The lowest BCUT2D eigenvalue weighted by Crippen LogP contribution is -2.49. The van der Waals surface area contributed by atoms with Crippen LogP contribution in [0, 0.1) is 0 Å². The normalized spacial score (nSPS) is 16.1. The highest BCUT2D eigenvalue weighted by Crippen LogP contribution is 2.24. The Kier molecular flexibility index (Phi) is 4.07. The Balaban J connectivity index is 2.04. The van der Waals surface area contributed by atoms with E-state index in [-0.39, 0.29) is 0 Å². The summed E-state index contributed by atoms with van der Waals surface area (Å²) >= 11 is 0. The SMILES string of the molecule is CC(C)(O)C(C)(C)O[B]c1ccc2c(c1)CCCC2. The summed E-state index contributed by atoms with van der Waals surface area (Å²) in [6.45, 7) is 7.35. The van der Waals surface area contributed by atoms with Crippen molar-refractivity contribution in [1.82, 2.24) is 0 Å². The zero-order chi connectivity index (χ0) is 14.1. The van der Waals surface area contributed by atoms with Crippen molar-refractivity contribution in [3.63, 3.8) is 0 Å². The number of aryl methyl sites for hydroxylation is 2. The number of fused-ring (bicyclic) bond motifs is 1. The number of benzene rings is 1. The highest BCUT2D eigenvalue weighted by Gasteiger charge is 2.35. The zero-order valence-corrected chi connectivity index (χ0v) is 12.5. The Bertz CT molecular complexity index is 447. The van der Waals surface area contributed by atoms with Crippen LogP contribution in [0.5, 0.6) is 0 Å². The molecule has 1 aliphatic rings. The molecule has 0 aromatic heterocycles. The zero-order valence-electron chi connectivity index (χ0n) is 12.5. The van der Waals surface area contributed by atoms with Gasteiger partial charge in [-0.15, -0.1) is 0 Å². The molecule has 3 heteroatoms. The van der Waals surface area contributed by atoms with Crippen molar-refractivity contribution in [1.29, 1.82) is 0 Å². The Morgan fingerprint density at radius 1 is 1.05 bits per heavy atom. The fourth-order valence-corrected chi connectivity index (χ4v) is 2.19. The Hall–Kier alpha value is -0.795. The van der Waals surface area contributed by atoms with E-state index in [4.69, 9.17) is 4.65 Å². The van der Waals surface area contributed by atoms with Crippen molar-refractivity contribution >= 4 is 12.9 Å². The Morgan fingerprint density at radius 3 is 2.32 bits per heavy atom. The topological polar surface area (TPSA) is 29.5 Å². The van der Waals surface area contributed by atoms with Crippen LogP contribution in [0.4, 0.5) is 0 Å². The number of aliphatic hydroxyl groups is 1. The average Bonchev–Trinajstić information content (AvgIpc) is 2.35. The van der Waals surface area contributed by atoms with E-state index in [1.165, 1.54) is 36.8 Å². The summed E-state index contributed by atoms with van der Waals surface area (Å²) in [4.78, 5) is 0. The number of rotatable bonds is 4.